The summed E-state index contributed by atoms with van der Waals surface area (Å²) in [7, 11) is 0. The molecule has 0 bridgehead atoms. The third-order valence-corrected chi connectivity index (χ3v) is 4.91. The molecule has 0 atom stereocenters. The summed E-state index contributed by atoms with van der Waals surface area (Å²) in [6, 6.07) is 16.3. The molecule has 3 aromatic rings. The number of carbonyl (C=O) groups is 1. The van der Waals surface area contributed by atoms with Gasteiger partial charge in [0.05, 0.1) is 30.2 Å². The molecule has 1 aliphatic heterocycles. The zero-order valence-electron chi connectivity index (χ0n) is 14.1. The predicted octanol–water partition coefficient (Wildman–Crippen LogP) is 4.00. The molecule has 2 aromatic carbocycles. The fraction of sp³-hybridized carbons (Fsp3) is 0.150. The van der Waals surface area contributed by atoms with E-state index < -0.39 is 5.97 Å². The zero-order chi connectivity index (χ0) is 18.1. The summed E-state index contributed by atoms with van der Waals surface area (Å²) in [5.74, 6) is -0.410. The molecule has 26 heavy (non-hydrogen) atoms. The molecular weight excluding hydrogens is 441 g/mol. The number of aliphatic imine (C=N–C) groups is 1. The highest BCUT2D eigenvalue weighted by Gasteiger charge is 2.25. The highest BCUT2D eigenvalue weighted by atomic mass is 127. The summed E-state index contributed by atoms with van der Waals surface area (Å²) in [5.41, 5.74) is 5.02. The Hall–Kier alpha value is -2.48. The number of fused-ring (bicyclic) bond motifs is 3. The average Bonchev–Trinajstić information content (AvgIpc) is 3.00. The molecule has 5 nitrogen and oxygen atoms in total. The Kier molecular flexibility index (Phi) is 4.58. The largest absolute Gasteiger partial charge is 0.461 e. The van der Waals surface area contributed by atoms with Crippen molar-refractivity contribution in [2.45, 2.75) is 13.5 Å². The van der Waals surface area contributed by atoms with Crippen molar-refractivity contribution in [1.29, 1.82) is 0 Å². The van der Waals surface area contributed by atoms with E-state index in [4.69, 9.17) is 9.73 Å². The van der Waals surface area contributed by atoms with Gasteiger partial charge in [-0.3, -0.25) is 9.56 Å². The number of rotatable bonds is 3. The number of carbonyl (C=O) groups excluding carboxylic acids is 1. The number of imidazole rings is 1. The average molecular weight is 457 g/mol. The number of benzene rings is 2. The molecule has 0 unspecified atom stereocenters. The molecule has 0 radical (unpaired) electrons. The molecule has 0 saturated heterocycles. The zero-order valence-corrected chi connectivity index (χ0v) is 16.3. The Balaban J connectivity index is 1.92. The minimum Gasteiger partial charge on any atom is -0.461 e. The number of hydrogen-bond donors (Lipinski definition) is 0. The van der Waals surface area contributed by atoms with E-state index in [9.17, 15) is 4.79 Å². The summed E-state index contributed by atoms with van der Waals surface area (Å²) >= 11 is 2.30. The van der Waals surface area contributed by atoms with Crippen LogP contribution in [-0.2, 0) is 11.3 Å². The van der Waals surface area contributed by atoms with Crippen LogP contribution < -0.4 is 0 Å². The molecular formula is C20H16IN3O2. The predicted molar refractivity (Wildman–Crippen MR) is 108 cm³/mol. The Bertz CT molecular complexity index is 1010. The molecule has 0 aliphatic carbocycles. The number of esters is 1. The van der Waals surface area contributed by atoms with E-state index in [0.29, 0.717) is 18.8 Å². The minimum absolute atomic E-state index is 0.318. The SMILES string of the molecule is CCOC(=O)c1ncn2c1CN=C(c1ccccc1)c1cc(I)ccc1-2. The Morgan fingerprint density at radius 3 is 2.81 bits per heavy atom. The van der Waals surface area contributed by atoms with Crippen LogP contribution in [0.2, 0.25) is 0 Å². The van der Waals surface area contributed by atoms with Crippen LogP contribution in [0.15, 0.2) is 59.9 Å². The number of ether oxygens (including phenoxy) is 1. The topological polar surface area (TPSA) is 56.5 Å². The van der Waals surface area contributed by atoms with E-state index >= 15 is 0 Å². The molecule has 0 fully saturated rings. The van der Waals surface area contributed by atoms with E-state index in [-0.39, 0.29) is 0 Å². The van der Waals surface area contributed by atoms with Crippen LogP contribution in [-0.4, -0.2) is 27.8 Å². The first-order valence-electron chi connectivity index (χ1n) is 8.32. The van der Waals surface area contributed by atoms with Gasteiger partial charge in [-0.05, 0) is 47.7 Å². The van der Waals surface area contributed by atoms with E-state index in [1.54, 1.807) is 13.3 Å². The smallest absolute Gasteiger partial charge is 0.358 e. The second-order valence-electron chi connectivity index (χ2n) is 5.82. The minimum atomic E-state index is -0.410. The van der Waals surface area contributed by atoms with Crippen LogP contribution in [0.3, 0.4) is 0 Å². The monoisotopic (exact) mass is 457 g/mol. The lowest BCUT2D eigenvalue weighted by Crippen LogP contribution is -2.09. The normalized spacial score (nSPS) is 12.6. The van der Waals surface area contributed by atoms with E-state index in [2.05, 4.69) is 33.6 Å². The van der Waals surface area contributed by atoms with Gasteiger partial charge in [0.15, 0.2) is 5.69 Å². The Morgan fingerprint density at radius 1 is 1.23 bits per heavy atom. The van der Waals surface area contributed by atoms with Crippen LogP contribution in [0, 0.1) is 3.57 Å². The first-order valence-corrected chi connectivity index (χ1v) is 9.40. The van der Waals surface area contributed by atoms with E-state index in [0.717, 1.165) is 31.8 Å². The van der Waals surface area contributed by atoms with Crippen LogP contribution in [0.1, 0.15) is 34.2 Å². The van der Waals surface area contributed by atoms with Crippen LogP contribution >= 0.6 is 22.6 Å². The van der Waals surface area contributed by atoms with Gasteiger partial charge in [0, 0.05) is 14.7 Å². The lowest BCUT2D eigenvalue weighted by Gasteiger charge is -2.12. The quantitative estimate of drug-likeness (QED) is 0.442. The fourth-order valence-electron chi connectivity index (χ4n) is 3.09. The first-order chi connectivity index (χ1) is 12.7. The Labute approximate surface area is 164 Å². The molecule has 1 aliphatic rings. The second-order valence-corrected chi connectivity index (χ2v) is 7.07. The van der Waals surface area contributed by atoms with Crippen LogP contribution in [0.5, 0.6) is 0 Å². The maximum atomic E-state index is 12.3. The fourth-order valence-corrected chi connectivity index (χ4v) is 3.58. The van der Waals surface area contributed by atoms with Crippen molar-refractivity contribution in [3.63, 3.8) is 0 Å². The molecule has 2 heterocycles. The molecule has 0 saturated carbocycles. The van der Waals surface area contributed by atoms with Gasteiger partial charge in [0.2, 0.25) is 0 Å². The number of hydrogen-bond acceptors (Lipinski definition) is 4. The second kappa shape index (κ2) is 7.03. The van der Waals surface area contributed by atoms with Gasteiger partial charge in [-0.25, -0.2) is 9.78 Å². The van der Waals surface area contributed by atoms with Crippen LogP contribution in [0.25, 0.3) is 5.69 Å². The van der Waals surface area contributed by atoms with Crippen molar-refractivity contribution in [2.75, 3.05) is 6.61 Å². The molecule has 130 valence electrons. The molecule has 6 heteroatoms. The third kappa shape index (κ3) is 2.94. The molecule has 4 rings (SSSR count). The number of halogens is 1. The summed E-state index contributed by atoms with van der Waals surface area (Å²) in [6.45, 7) is 2.47. The summed E-state index contributed by atoms with van der Waals surface area (Å²) in [6.07, 6.45) is 1.68. The highest BCUT2D eigenvalue weighted by Crippen LogP contribution is 2.28. The van der Waals surface area contributed by atoms with Gasteiger partial charge >= 0.3 is 5.97 Å². The van der Waals surface area contributed by atoms with Gasteiger partial charge in [-0.1, -0.05) is 30.3 Å². The standard InChI is InChI=1S/C20H16IN3O2/c1-2-26-20(25)19-17-11-22-18(13-6-4-3-5-7-13)15-10-14(21)8-9-16(15)24(17)12-23-19/h3-10,12H,2,11H2,1H3. The van der Waals surface area contributed by atoms with Crippen molar-refractivity contribution in [1.82, 2.24) is 9.55 Å². The van der Waals surface area contributed by atoms with Crippen molar-refractivity contribution in [2.24, 2.45) is 4.99 Å². The van der Waals surface area contributed by atoms with Gasteiger partial charge in [0.25, 0.3) is 0 Å². The van der Waals surface area contributed by atoms with Gasteiger partial charge in [-0.2, -0.15) is 0 Å². The molecule has 1 aromatic heterocycles. The number of aromatic nitrogens is 2. The molecule has 0 amide bonds. The van der Waals surface area contributed by atoms with Crippen molar-refractivity contribution < 1.29 is 9.53 Å². The molecule has 0 N–H and O–H groups in total. The van der Waals surface area contributed by atoms with Crippen molar-refractivity contribution >= 4 is 34.3 Å². The van der Waals surface area contributed by atoms with Gasteiger partial charge < -0.3 is 4.74 Å². The van der Waals surface area contributed by atoms with Gasteiger partial charge in [0.1, 0.15) is 6.33 Å². The van der Waals surface area contributed by atoms with Crippen molar-refractivity contribution in [3.05, 3.63) is 80.9 Å². The van der Waals surface area contributed by atoms with E-state index in [1.807, 2.05) is 47.0 Å². The highest BCUT2D eigenvalue weighted by molar-refractivity contribution is 14.1. The Morgan fingerprint density at radius 2 is 2.04 bits per heavy atom. The van der Waals surface area contributed by atoms with E-state index in [1.165, 1.54) is 0 Å². The van der Waals surface area contributed by atoms with Gasteiger partial charge in [-0.15, -0.1) is 0 Å². The third-order valence-electron chi connectivity index (χ3n) is 4.24. The lowest BCUT2D eigenvalue weighted by atomic mass is 10.0. The summed E-state index contributed by atoms with van der Waals surface area (Å²) < 4.78 is 8.21. The summed E-state index contributed by atoms with van der Waals surface area (Å²) in [5, 5.41) is 0. The number of nitrogens with zero attached hydrogens (tertiary/aromatic N) is 3. The van der Waals surface area contributed by atoms with Crippen molar-refractivity contribution in [3.8, 4) is 5.69 Å². The van der Waals surface area contributed by atoms with Crippen LogP contribution in [0.4, 0.5) is 0 Å². The first kappa shape index (κ1) is 17.0. The maximum Gasteiger partial charge on any atom is 0.358 e. The maximum absolute atomic E-state index is 12.3. The lowest BCUT2D eigenvalue weighted by molar-refractivity contribution is 0.0518. The molecule has 0 spiro atoms. The summed E-state index contributed by atoms with van der Waals surface area (Å²) in [4.78, 5) is 21.4.